The third kappa shape index (κ3) is 2.79. The molecule has 0 amide bonds. The van der Waals surface area contributed by atoms with Crippen LogP contribution in [0.25, 0.3) is 0 Å². The highest BCUT2D eigenvalue weighted by molar-refractivity contribution is 7.92. The molecular formula is C12H19N5O3S. The van der Waals surface area contributed by atoms with Gasteiger partial charge in [-0.3, -0.25) is 14.5 Å². The van der Waals surface area contributed by atoms with Gasteiger partial charge >= 0.3 is 0 Å². The van der Waals surface area contributed by atoms with Crippen LogP contribution in [0.4, 0.5) is 5.69 Å². The van der Waals surface area contributed by atoms with Crippen molar-refractivity contribution in [1.82, 2.24) is 20.0 Å². The fourth-order valence-corrected chi connectivity index (χ4v) is 3.86. The van der Waals surface area contributed by atoms with E-state index in [1.807, 2.05) is 0 Å². The summed E-state index contributed by atoms with van der Waals surface area (Å²) in [6, 6.07) is 0. The number of H-pyrrole nitrogens is 1. The van der Waals surface area contributed by atoms with Crippen molar-refractivity contribution in [3.05, 3.63) is 22.8 Å². The number of nitrogens with zero attached hydrogens (tertiary/aromatic N) is 3. The minimum atomic E-state index is -3.76. The van der Waals surface area contributed by atoms with Gasteiger partial charge in [-0.1, -0.05) is 0 Å². The molecule has 0 spiro atoms. The zero-order chi connectivity index (χ0) is 15.8. The molecule has 0 saturated heterocycles. The van der Waals surface area contributed by atoms with Crippen LogP contribution in [0.2, 0.25) is 0 Å². The zero-order valence-corrected chi connectivity index (χ0v) is 13.2. The lowest BCUT2D eigenvalue weighted by Crippen LogP contribution is -2.16. The van der Waals surface area contributed by atoms with Crippen LogP contribution in [0.15, 0.2) is 4.90 Å². The minimum Gasteiger partial charge on any atom is -0.394 e. The molecule has 0 unspecified atom stereocenters. The quantitative estimate of drug-likeness (QED) is 0.749. The number of nitrogens with one attached hydrogen (secondary N) is 2. The van der Waals surface area contributed by atoms with E-state index in [-0.39, 0.29) is 18.0 Å². The number of aryl methyl sites for hydroxylation is 3. The minimum absolute atomic E-state index is 0.102. The standard InChI is InChI=1S/C12H19N5O3S/c1-7-11(8(2)14-13-7)16-21(19,20)12-9(3)15-17(5-6-18)10(12)4/h16,18H,5-6H2,1-4H3,(H,13,14). The predicted octanol–water partition coefficient (Wildman–Crippen LogP) is 0.633. The number of aliphatic hydroxyl groups is 1. The summed E-state index contributed by atoms with van der Waals surface area (Å²) in [6.45, 7) is 6.91. The van der Waals surface area contributed by atoms with Crippen LogP contribution in [-0.2, 0) is 16.6 Å². The molecule has 0 bridgehead atoms. The van der Waals surface area contributed by atoms with Crippen molar-refractivity contribution in [2.75, 3.05) is 11.3 Å². The second kappa shape index (κ2) is 5.49. The molecule has 2 aromatic rings. The molecule has 0 aliphatic carbocycles. The number of hydrogen-bond acceptors (Lipinski definition) is 5. The molecule has 21 heavy (non-hydrogen) atoms. The first-order valence-electron chi connectivity index (χ1n) is 6.47. The van der Waals surface area contributed by atoms with Gasteiger partial charge in [0.1, 0.15) is 4.90 Å². The van der Waals surface area contributed by atoms with Gasteiger partial charge in [-0.2, -0.15) is 10.2 Å². The number of sulfonamides is 1. The van der Waals surface area contributed by atoms with Gasteiger partial charge in [0, 0.05) is 0 Å². The molecule has 0 fully saturated rings. The van der Waals surface area contributed by atoms with E-state index in [2.05, 4.69) is 20.0 Å². The van der Waals surface area contributed by atoms with Crippen LogP contribution in [0.5, 0.6) is 0 Å². The normalized spacial score (nSPS) is 11.9. The van der Waals surface area contributed by atoms with Crippen molar-refractivity contribution < 1.29 is 13.5 Å². The maximum Gasteiger partial charge on any atom is 0.265 e. The Hall–Kier alpha value is -1.87. The van der Waals surface area contributed by atoms with E-state index in [9.17, 15) is 8.42 Å². The highest BCUT2D eigenvalue weighted by Crippen LogP contribution is 2.25. The number of anilines is 1. The number of rotatable bonds is 5. The largest absolute Gasteiger partial charge is 0.394 e. The Morgan fingerprint density at radius 1 is 1.24 bits per heavy atom. The van der Waals surface area contributed by atoms with E-state index in [0.29, 0.717) is 28.5 Å². The molecular weight excluding hydrogens is 294 g/mol. The van der Waals surface area contributed by atoms with Crippen molar-refractivity contribution in [1.29, 1.82) is 0 Å². The zero-order valence-electron chi connectivity index (χ0n) is 12.4. The van der Waals surface area contributed by atoms with E-state index in [0.717, 1.165) is 0 Å². The Kier molecular flexibility index (Phi) is 4.06. The van der Waals surface area contributed by atoms with E-state index >= 15 is 0 Å². The van der Waals surface area contributed by atoms with Crippen molar-refractivity contribution >= 4 is 15.7 Å². The van der Waals surface area contributed by atoms with Crippen LogP contribution in [0.1, 0.15) is 22.8 Å². The lowest BCUT2D eigenvalue weighted by molar-refractivity contribution is 0.267. The predicted molar refractivity (Wildman–Crippen MR) is 77.7 cm³/mol. The number of aliphatic hydroxyl groups excluding tert-OH is 1. The van der Waals surface area contributed by atoms with Gasteiger partial charge in [0.25, 0.3) is 10.0 Å². The molecule has 0 aromatic carbocycles. The van der Waals surface area contributed by atoms with Crippen LogP contribution < -0.4 is 4.72 Å². The molecule has 0 atom stereocenters. The number of aromatic amines is 1. The van der Waals surface area contributed by atoms with E-state index in [4.69, 9.17) is 5.11 Å². The smallest absolute Gasteiger partial charge is 0.265 e. The summed E-state index contributed by atoms with van der Waals surface area (Å²) in [7, 11) is -3.76. The van der Waals surface area contributed by atoms with Crippen molar-refractivity contribution in [2.45, 2.75) is 39.1 Å². The second-order valence-corrected chi connectivity index (χ2v) is 6.48. The highest BCUT2D eigenvalue weighted by atomic mass is 32.2. The SMILES string of the molecule is Cc1n[nH]c(C)c1NS(=O)(=O)c1c(C)nn(CCO)c1C. The van der Waals surface area contributed by atoms with Gasteiger partial charge in [0.15, 0.2) is 0 Å². The van der Waals surface area contributed by atoms with Gasteiger partial charge in [-0.05, 0) is 27.7 Å². The fraction of sp³-hybridized carbons (Fsp3) is 0.500. The highest BCUT2D eigenvalue weighted by Gasteiger charge is 2.26. The summed E-state index contributed by atoms with van der Waals surface area (Å²) in [5, 5.41) is 19.8. The van der Waals surface area contributed by atoms with Gasteiger partial charge in [0.05, 0.1) is 41.6 Å². The lowest BCUT2D eigenvalue weighted by atomic mass is 10.3. The van der Waals surface area contributed by atoms with Gasteiger partial charge in [-0.15, -0.1) is 0 Å². The molecule has 0 saturated carbocycles. The molecule has 2 rings (SSSR count). The fourth-order valence-electron chi connectivity index (χ4n) is 2.27. The third-order valence-corrected chi connectivity index (χ3v) is 4.86. The van der Waals surface area contributed by atoms with Crippen molar-refractivity contribution in [3.63, 3.8) is 0 Å². The first-order chi connectivity index (χ1) is 9.77. The van der Waals surface area contributed by atoms with Crippen LogP contribution in [0, 0.1) is 27.7 Å². The van der Waals surface area contributed by atoms with E-state index < -0.39 is 10.0 Å². The average Bonchev–Trinajstić information content (AvgIpc) is 2.84. The molecule has 116 valence electrons. The molecule has 0 radical (unpaired) electrons. The monoisotopic (exact) mass is 313 g/mol. The molecule has 0 aliphatic heterocycles. The third-order valence-electron chi connectivity index (χ3n) is 3.26. The Morgan fingerprint density at radius 3 is 2.43 bits per heavy atom. The maximum atomic E-state index is 12.6. The average molecular weight is 313 g/mol. The lowest BCUT2D eigenvalue weighted by Gasteiger charge is -2.09. The molecule has 2 aromatic heterocycles. The van der Waals surface area contributed by atoms with E-state index in [1.54, 1.807) is 27.7 Å². The molecule has 2 heterocycles. The summed E-state index contributed by atoms with van der Waals surface area (Å²) >= 11 is 0. The molecule has 9 heteroatoms. The Bertz CT molecular complexity index is 741. The molecule has 3 N–H and O–H groups in total. The number of aromatic nitrogens is 4. The Morgan fingerprint density at radius 2 is 1.90 bits per heavy atom. The Labute approximate surface area is 123 Å². The second-order valence-electron chi connectivity index (χ2n) is 4.86. The molecule has 0 aliphatic rings. The van der Waals surface area contributed by atoms with Crippen LogP contribution >= 0.6 is 0 Å². The maximum absolute atomic E-state index is 12.6. The Balaban J connectivity index is 2.45. The first kappa shape index (κ1) is 15.5. The first-order valence-corrected chi connectivity index (χ1v) is 7.95. The van der Waals surface area contributed by atoms with Crippen molar-refractivity contribution in [3.8, 4) is 0 Å². The summed E-state index contributed by atoms with van der Waals surface area (Å²) in [5.41, 5.74) is 2.56. The van der Waals surface area contributed by atoms with E-state index in [1.165, 1.54) is 4.68 Å². The summed E-state index contributed by atoms with van der Waals surface area (Å²) < 4.78 is 29.2. The summed E-state index contributed by atoms with van der Waals surface area (Å²) in [4.78, 5) is 0.135. The van der Waals surface area contributed by atoms with Gasteiger partial charge < -0.3 is 5.11 Å². The van der Waals surface area contributed by atoms with Gasteiger partial charge in [-0.25, -0.2) is 8.42 Å². The summed E-state index contributed by atoms with van der Waals surface area (Å²) in [5.74, 6) is 0. The summed E-state index contributed by atoms with van der Waals surface area (Å²) in [6.07, 6.45) is 0. The number of hydrogen-bond donors (Lipinski definition) is 3. The van der Waals surface area contributed by atoms with Crippen molar-refractivity contribution in [2.24, 2.45) is 0 Å². The van der Waals surface area contributed by atoms with Crippen LogP contribution in [-0.4, -0.2) is 40.1 Å². The van der Waals surface area contributed by atoms with Crippen LogP contribution in [0.3, 0.4) is 0 Å². The topological polar surface area (TPSA) is 113 Å². The molecule has 8 nitrogen and oxygen atoms in total. The van der Waals surface area contributed by atoms with Gasteiger partial charge in [0.2, 0.25) is 0 Å².